The molecule has 0 aliphatic rings. The van der Waals surface area contributed by atoms with Crippen LogP contribution in [0.2, 0.25) is 0 Å². The number of hydrogen-bond donors (Lipinski definition) is 2. The van der Waals surface area contributed by atoms with Crippen molar-refractivity contribution in [1.29, 1.82) is 0 Å². The Labute approximate surface area is 86.3 Å². The third-order valence-corrected chi connectivity index (χ3v) is 2.23. The zero-order valence-corrected chi connectivity index (χ0v) is 9.13. The highest BCUT2D eigenvalue weighted by Gasteiger charge is 2.05. The summed E-state index contributed by atoms with van der Waals surface area (Å²) < 4.78 is 1.62. The first-order valence-electron chi connectivity index (χ1n) is 3.00. The van der Waals surface area contributed by atoms with E-state index in [9.17, 15) is 0 Å². The van der Waals surface area contributed by atoms with Gasteiger partial charge in [0.25, 0.3) is 0 Å². The molecular formula is C6H6Br2N4. The molecule has 1 rings (SSSR count). The van der Waals surface area contributed by atoms with Crippen molar-refractivity contribution in [2.75, 3.05) is 0 Å². The highest BCUT2D eigenvalue weighted by Crippen LogP contribution is 2.18. The molecule has 4 nitrogen and oxygen atoms in total. The summed E-state index contributed by atoms with van der Waals surface area (Å²) in [7, 11) is 0. The number of hydrogen-bond acceptors (Lipinski definition) is 3. The molecule has 1 heterocycles. The number of amidine groups is 1. The minimum absolute atomic E-state index is 0.203. The van der Waals surface area contributed by atoms with E-state index in [1.54, 1.807) is 6.20 Å². The van der Waals surface area contributed by atoms with Crippen molar-refractivity contribution >= 4 is 37.7 Å². The monoisotopic (exact) mass is 292 g/mol. The molecule has 0 saturated heterocycles. The Morgan fingerprint density at radius 2 is 2.17 bits per heavy atom. The summed E-state index contributed by atoms with van der Waals surface area (Å²) >= 11 is 6.54. The van der Waals surface area contributed by atoms with Gasteiger partial charge in [0.1, 0.15) is 5.69 Å². The Kier molecular flexibility index (Phi) is 3.05. The molecule has 1 aromatic heterocycles. The second kappa shape index (κ2) is 3.86. The van der Waals surface area contributed by atoms with Crippen molar-refractivity contribution in [2.24, 2.45) is 16.7 Å². The Bertz CT molecular complexity index is 323. The average molecular weight is 294 g/mol. The van der Waals surface area contributed by atoms with Crippen LogP contribution in [0, 0.1) is 0 Å². The molecule has 0 saturated carbocycles. The number of hydrazone groups is 1. The van der Waals surface area contributed by atoms with Gasteiger partial charge in [0.2, 0.25) is 0 Å². The van der Waals surface area contributed by atoms with Crippen LogP contribution in [-0.4, -0.2) is 10.8 Å². The summed E-state index contributed by atoms with van der Waals surface area (Å²) in [5.41, 5.74) is 6.00. The van der Waals surface area contributed by atoms with Gasteiger partial charge in [-0.3, -0.25) is 4.98 Å². The number of nitrogens with zero attached hydrogens (tertiary/aromatic N) is 2. The van der Waals surface area contributed by atoms with Crippen molar-refractivity contribution in [3.63, 3.8) is 0 Å². The Morgan fingerprint density at radius 3 is 2.67 bits per heavy atom. The number of rotatable bonds is 1. The van der Waals surface area contributed by atoms with Crippen molar-refractivity contribution in [3.8, 4) is 0 Å². The molecule has 0 fully saturated rings. The fraction of sp³-hybridized carbons (Fsp3) is 0. The number of pyridine rings is 1. The van der Waals surface area contributed by atoms with Gasteiger partial charge in [-0.25, -0.2) is 0 Å². The summed E-state index contributed by atoms with van der Waals surface area (Å²) in [5.74, 6) is 5.20. The van der Waals surface area contributed by atoms with Crippen molar-refractivity contribution in [1.82, 2.24) is 4.98 Å². The third-order valence-electron chi connectivity index (χ3n) is 1.19. The lowest BCUT2D eigenvalue weighted by molar-refractivity contribution is 1.18. The molecular weight excluding hydrogens is 288 g/mol. The quantitative estimate of drug-likeness (QED) is 0.353. The Balaban J connectivity index is 3.18. The second-order valence-electron chi connectivity index (χ2n) is 2.00. The smallest absolute Gasteiger partial charge is 0.170 e. The van der Waals surface area contributed by atoms with Crippen molar-refractivity contribution < 1.29 is 0 Å². The molecule has 0 amide bonds. The van der Waals surface area contributed by atoms with Crippen LogP contribution >= 0.6 is 31.9 Å². The van der Waals surface area contributed by atoms with Crippen molar-refractivity contribution in [2.45, 2.75) is 0 Å². The first kappa shape index (κ1) is 9.47. The summed E-state index contributed by atoms with van der Waals surface area (Å²) in [6, 6.07) is 1.82. The van der Waals surface area contributed by atoms with Gasteiger partial charge >= 0.3 is 0 Å². The van der Waals surface area contributed by atoms with Gasteiger partial charge in [-0.05, 0) is 37.9 Å². The maximum Gasteiger partial charge on any atom is 0.170 e. The zero-order valence-electron chi connectivity index (χ0n) is 5.96. The van der Waals surface area contributed by atoms with E-state index in [0.29, 0.717) is 5.69 Å². The number of halogens is 2. The molecule has 0 spiro atoms. The lowest BCUT2D eigenvalue weighted by atomic mass is 10.3. The van der Waals surface area contributed by atoms with E-state index in [2.05, 4.69) is 41.9 Å². The van der Waals surface area contributed by atoms with Gasteiger partial charge in [-0.15, -0.1) is 0 Å². The topological polar surface area (TPSA) is 77.3 Å². The van der Waals surface area contributed by atoms with E-state index in [0.717, 1.165) is 8.95 Å². The molecule has 0 bridgehead atoms. The van der Waals surface area contributed by atoms with E-state index in [1.807, 2.05) is 6.07 Å². The standard InChI is InChI=1S/C6H6Br2N4/c7-3-1-4(8)5(11-2-3)6(9)12-10/h1-2H,10H2,(H2,9,12). The van der Waals surface area contributed by atoms with Crippen LogP contribution in [0.5, 0.6) is 0 Å². The molecule has 0 unspecified atom stereocenters. The molecule has 0 aliphatic carbocycles. The lowest BCUT2D eigenvalue weighted by Crippen LogP contribution is -2.17. The van der Waals surface area contributed by atoms with Gasteiger partial charge in [0.15, 0.2) is 5.84 Å². The molecule has 6 heteroatoms. The van der Waals surface area contributed by atoms with E-state index in [-0.39, 0.29) is 5.84 Å². The van der Waals surface area contributed by atoms with E-state index >= 15 is 0 Å². The minimum Gasteiger partial charge on any atom is -0.380 e. The first-order chi connectivity index (χ1) is 5.65. The molecule has 64 valence electrons. The molecule has 1 aromatic rings. The van der Waals surface area contributed by atoms with Crippen LogP contribution in [0.3, 0.4) is 0 Å². The predicted octanol–water partition coefficient (Wildman–Crippen LogP) is 1.19. The van der Waals surface area contributed by atoms with E-state index in [1.165, 1.54) is 0 Å². The Morgan fingerprint density at radius 1 is 1.50 bits per heavy atom. The molecule has 0 radical (unpaired) electrons. The fourth-order valence-electron chi connectivity index (χ4n) is 0.664. The van der Waals surface area contributed by atoms with Gasteiger partial charge in [-0.1, -0.05) is 0 Å². The lowest BCUT2D eigenvalue weighted by Gasteiger charge is -2.00. The highest BCUT2D eigenvalue weighted by molar-refractivity contribution is 9.11. The maximum absolute atomic E-state index is 5.46. The van der Waals surface area contributed by atoms with Crippen LogP contribution in [0.25, 0.3) is 0 Å². The van der Waals surface area contributed by atoms with Crippen LogP contribution in [-0.2, 0) is 0 Å². The SMILES string of the molecule is NN=C(N)c1ncc(Br)cc1Br. The van der Waals surface area contributed by atoms with Gasteiger partial charge in [-0.2, -0.15) is 5.10 Å². The molecule has 0 atom stereocenters. The van der Waals surface area contributed by atoms with Gasteiger partial charge in [0.05, 0.1) is 0 Å². The molecule has 4 N–H and O–H groups in total. The molecule has 0 aliphatic heterocycles. The van der Waals surface area contributed by atoms with Crippen LogP contribution < -0.4 is 11.6 Å². The van der Waals surface area contributed by atoms with Crippen LogP contribution in [0.15, 0.2) is 26.3 Å². The summed E-state index contributed by atoms with van der Waals surface area (Å²) in [6.45, 7) is 0. The highest BCUT2D eigenvalue weighted by atomic mass is 79.9. The van der Waals surface area contributed by atoms with E-state index in [4.69, 9.17) is 11.6 Å². The molecule has 12 heavy (non-hydrogen) atoms. The van der Waals surface area contributed by atoms with Gasteiger partial charge < -0.3 is 11.6 Å². The average Bonchev–Trinajstić information content (AvgIpc) is 2.03. The van der Waals surface area contributed by atoms with Crippen LogP contribution in [0.4, 0.5) is 0 Å². The zero-order chi connectivity index (χ0) is 9.14. The predicted molar refractivity (Wildman–Crippen MR) is 54.5 cm³/mol. The molecule has 0 aromatic carbocycles. The minimum atomic E-state index is 0.203. The summed E-state index contributed by atoms with van der Waals surface area (Å²) in [6.07, 6.45) is 1.62. The third kappa shape index (κ3) is 1.95. The summed E-state index contributed by atoms with van der Waals surface area (Å²) in [4.78, 5) is 4.02. The maximum atomic E-state index is 5.46. The largest absolute Gasteiger partial charge is 0.380 e. The second-order valence-corrected chi connectivity index (χ2v) is 3.77. The van der Waals surface area contributed by atoms with Crippen molar-refractivity contribution in [3.05, 3.63) is 26.9 Å². The summed E-state index contributed by atoms with van der Waals surface area (Å²) in [5, 5.41) is 3.34. The first-order valence-corrected chi connectivity index (χ1v) is 4.58. The number of aromatic nitrogens is 1. The fourth-order valence-corrected chi connectivity index (χ4v) is 1.85. The van der Waals surface area contributed by atoms with Crippen LogP contribution in [0.1, 0.15) is 5.69 Å². The normalized spacial score (nSPS) is 11.7. The van der Waals surface area contributed by atoms with Gasteiger partial charge in [0, 0.05) is 15.1 Å². The van der Waals surface area contributed by atoms with E-state index < -0.39 is 0 Å². The number of nitrogens with two attached hydrogens (primary N) is 2. The Hall–Kier alpha value is -0.620.